The zero-order chi connectivity index (χ0) is 15.2. The molecule has 0 aliphatic carbocycles. The van der Waals surface area contributed by atoms with E-state index in [9.17, 15) is 0 Å². The highest BCUT2D eigenvalue weighted by Gasteiger charge is 2.11. The number of benzene rings is 1. The van der Waals surface area contributed by atoms with E-state index in [2.05, 4.69) is 45.7 Å². The molecule has 1 aromatic heterocycles. The normalized spacial score (nSPS) is 10.7. The molecular formula is C16H20BrNO2S. The first kappa shape index (κ1) is 16.3. The minimum Gasteiger partial charge on any atom is -0.493 e. The second-order valence-electron chi connectivity index (χ2n) is 4.67. The lowest BCUT2D eigenvalue weighted by atomic mass is 10.2. The maximum atomic E-state index is 5.60. The molecule has 1 N–H and O–H groups in total. The molecule has 0 radical (unpaired) electrons. The highest BCUT2D eigenvalue weighted by atomic mass is 79.9. The Bertz CT molecular complexity index is 598. The number of halogens is 1. The van der Waals surface area contributed by atoms with Crippen LogP contribution in [0.15, 0.2) is 28.1 Å². The quantitative estimate of drug-likeness (QED) is 0.778. The molecule has 0 fully saturated rings. The van der Waals surface area contributed by atoms with Gasteiger partial charge < -0.3 is 14.8 Å². The predicted molar refractivity (Wildman–Crippen MR) is 91.5 cm³/mol. The van der Waals surface area contributed by atoms with Crippen LogP contribution >= 0.6 is 27.3 Å². The van der Waals surface area contributed by atoms with Crippen LogP contribution in [0.2, 0.25) is 0 Å². The van der Waals surface area contributed by atoms with Crippen LogP contribution in [0.5, 0.6) is 11.5 Å². The Kier molecular flexibility index (Phi) is 6.08. The third-order valence-electron chi connectivity index (χ3n) is 3.16. The highest BCUT2D eigenvalue weighted by molar-refractivity contribution is 9.10. The van der Waals surface area contributed by atoms with Gasteiger partial charge in [0.25, 0.3) is 0 Å². The van der Waals surface area contributed by atoms with E-state index in [0.717, 1.165) is 34.6 Å². The second-order valence-corrected chi connectivity index (χ2v) is 6.53. The van der Waals surface area contributed by atoms with E-state index in [0.29, 0.717) is 6.61 Å². The smallest absolute Gasteiger partial charge is 0.175 e. The van der Waals surface area contributed by atoms with E-state index in [1.807, 2.05) is 13.0 Å². The van der Waals surface area contributed by atoms with Gasteiger partial charge >= 0.3 is 0 Å². The van der Waals surface area contributed by atoms with Crippen molar-refractivity contribution in [1.29, 1.82) is 0 Å². The van der Waals surface area contributed by atoms with E-state index in [1.165, 1.54) is 10.4 Å². The van der Waals surface area contributed by atoms with Crippen molar-refractivity contribution in [2.75, 3.05) is 13.7 Å². The molecule has 5 heteroatoms. The number of thiophene rings is 1. The minimum atomic E-state index is 0.615. The summed E-state index contributed by atoms with van der Waals surface area (Å²) in [6, 6.07) is 6.24. The second kappa shape index (κ2) is 7.82. The molecule has 0 saturated carbocycles. The van der Waals surface area contributed by atoms with Gasteiger partial charge in [-0.2, -0.15) is 0 Å². The fraction of sp³-hybridized carbons (Fsp3) is 0.375. The summed E-state index contributed by atoms with van der Waals surface area (Å²) in [6.07, 6.45) is 0. The van der Waals surface area contributed by atoms with Gasteiger partial charge in [0.05, 0.1) is 18.2 Å². The maximum absolute atomic E-state index is 5.60. The summed E-state index contributed by atoms with van der Waals surface area (Å²) >= 11 is 5.34. The monoisotopic (exact) mass is 369 g/mol. The van der Waals surface area contributed by atoms with Gasteiger partial charge in [-0.05, 0) is 64.5 Å². The van der Waals surface area contributed by atoms with Crippen LogP contribution in [0.3, 0.4) is 0 Å². The van der Waals surface area contributed by atoms with Gasteiger partial charge in [0.15, 0.2) is 11.5 Å². The van der Waals surface area contributed by atoms with Crippen LogP contribution in [0.25, 0.3) is 0 Å². The molecule has 0 unspecified atom stereocenters. The summed E-state index contributed by atoms with van der Waals surface area (Å²) in [6.45, 7) is 6.40. The number of hydrogen-bond donors (Lipinski definition) is 1. The molecule has 114 valence electrons. The zero-order valence-corrected chi connectivity index (χ0v) is 14.9. The molecule has 2 rings (SSSR count). The standard InChI is InChI=1S/C16H20BrNO2S/c1-4-20-16-13(17)7-12(8-14(16)19-3)9-18-10-15-11(2)5-6-21-15/h5-8,18H,4,9-10H2,1-3H3. The van der Waals surface area contributed by atoms with Crippen LogP contribution in [0.4, 0.5) is 0 Å². The molecule has 2 aromatic rings. The topological polar surface area (TPSA) is 30.5 Å². The largest absolute Gasteiger partial charge is 0.493 e. The molecule has 1 aromatic carbocycles. The van der Waals surface area contributed by atoms with E-state index >= 15 is 0 Å². The molecule has 0 atom stereocenters. The first-order valence-corrected chi connectivity index (χ1v) is 8.55. The molecule has 0 amide bonds. The lowest BCUT2D eigenvalue weighted by molar-refractivity contribution is 0.308. The van der Waals surface area contributed by atoms with Crippen LogP contribution < -0.4 is 14.8 Å². The van der Waals surface area contributed by atoms with Gasteiger partial charge in [0.2, 0.25) is 0 Å². The molecule has 0 aliphatic heterocycles. The summed E-state index contributed by atoms with van der Waals surface area (Å²) in [4.78, 5) is 1.38. The minimum absolute atomic E-state index is 0.615. The Hall–Kier alpha value is -1.04. The van der Waals surface area contributed by atoms with Gasteiger partial charge in [0, 0.05) is 18.0 Å². The SMILES string of the molecule is CCOc1c(Br)cc(CNCc2sccc2C)cc1OC. The van der Waals surface area contributed by atoms with E-state index in [-0.39, 0.29) is 0 Å². The number of nitrogens with one attached hydrogen (secondary N) is 1. The van der Waals surface area contributed by atoms with Crippen LogP contribution in [0, 0.1) is 6.92 Å². The van der Waals surface area contributed by atoms with Crippen LogP contribution in [-0.4, -0.2) is 13.7 Å². The Labute approximate surface area is 138 Å². The van der Waals surface area contributed by atoms with Crippen molar-refractivity contribution in [2.24, 2.45) is 0 Å². The Balaban J connectivity index is 2.03. The molecule has 21 heavy (non-hydrogen) atoms. The van der Waals surface area contributed by atoms with Crippen LogP contribution in [0.1, 0.15) is 22.9 Å². The lowest BCUT2D eigenvalue weighted by Gasteiger charge is -2.13. The molecule has 0 spiro atoms. The Morgan fingerprint density at radius 3 is 2.71 bits per heavy atom. The average Bonchev–Trinajstić information content (AvgIpc) is 2.87. The fourth-order valence-corrected chi connectivity index (χ4v) is 3.54. The van der Waals surface area contributed by atoms with Crippen molar-refractivity contribution >= 4 is 27.3 Å². The number of aryl methyl sites for hydroxylation is 1. The summed E-state index contributed by atoms with van der Waals surface area (Å²) in [5.41, 5.74) is 2.51. The molecular weight excluding hydrogens is 350 g/mol. The molecule has 0 saturated heterocycles. The van der Waals surface area contributed by atoms with Crippen molar-refractivity contribution in [3.63, 3.8) is 0 Å². The molecule has 0 bridgehead atoms. The molecule has 3 nitrogen and oxygen atoms in total. The Morgan fingerprint density at radius 2 is 2.10 bits per heavy atom. The van der Waals surface area contributed by atoms with Crippen molar-refractivity contribution in [3.05, 3.63) is 44.1 Å². The fourth-order valence-electron chi connectivity index (χ4n) is 2.07. The van der Waals surface area contributed by atoms with E-state index in [4.69, 9.17) is 9.47 Å². The summed E-state index contributed by atoms with van der Waals surface area (Å²) in [5.74, 6) is 1.52. The summed E-state index contributed by atoms with van der Waals surface area (Å²) in [5, 5.41) is 5.60. The van der Waals surface area contributed by atoms with Crippen molar-refractivity contribution in [1.82, 2.24) is 5.32 Å². The highest BCUT2D eigenvalue weighted by Crippen LogP contribution is 2.36. The van der Waals surface area contributed by atoms with Gasteiger partial charge in [-0.3, -0.25) is 0 Å². The van der Waals surface area contributed by atoms with E-state index < -0.39 is 0 Å². The Morgan fingerprint density at radius 1 is 1.29 bits per heavy atom. The third-order valence-corrected chi connectivity index (χ3v) is 4.77. The number of ether oxygens (including phenoxy) is 2. The van der Waals surface area contributed by atoms with Crippen molar-refractivity contribution in [3.8, 4) is 11.5 Å². The van der Waals surface area contributed by atoms with Crippen molar-refractivity contribution in [2.45, 2.75) is 26.9 Å². The predicted octanol–water partition coefficient (Wildman–Crippen LogP) is 4.52. The van der Waals surface area contributed by atoms with Gasteiger partial charge in [-0.1, -0.05) is 0 Å². The van der Waals surface area contributed by atoms with Crippen LogP contribution in [-0.2, 0) is 13.1 Å². The van der Waals surface area contributed by atoms with Gasteiger partial charge in [-0.25, -0.2) is 0 Å². The lowest BCUT2D eigenvalue weighted by Crippen LogP contribution is -2.12. The third kappa shape index (κ3) is 4.22. The zero-order valence-electron chi connectivity index (χ0n) is 12.5. The van der Waals surface area contributed by atoms with Gasteiger partial charge in [-0.15, -0.1) is 11.3 Å². The first-order chi connectivity index (χ1) is 10.2. The number of hydrogen-bond acceptors (Lipinski definition) is 4. The average molecular weight is 370 g/mol. The summed E-state index contributed by atoms with van der Waals surface area (Å²) < 4.78 is 11.9. The molecule has 1 heterocycles. The first-order valence-electron chi connectivity index (χ1n) is 6.88. The number of methoxy groups -OCH3 is 1. The summed E-state index contributed by atoms with van der Waals surface area (Å²) in [7, 11) is 1.66. The number of rotatable bonds is 7. The van der Waals surface area contributed by atoms with Gasteiger partial charge in [0.1, 0.15) is 0 Å². The molecule has 0 aliphatic rings. The van der Waals surface area contributed by atoms with Crippen molar-refractivity contribution < 1.29 is 9.47 Å². The maximum Gasteiger partial charge on any atom is 0.175 e. The van der Waals surface area contributed by atoms with E-state index in [1.54, 1.807) is 18.4 Å².